The van der Waals surface area contributed by atoms with Crippen LogP contribution in [0.5, 0.6) is 0 Å². The molecule has 0 bridgehead atoms. The van der Waals surface area contributed by atoms with Crippen LogP contribution >= 0.6 is 0 Å². The van der Waals surface area contributed by atoms with Gasteiger partial charge in [-0.1, -0.05) is 0 Å². The third kappa shape index (κ3) is 0.982. The third-order valence-electron chi connectivity index (χ3n) is 2.79. The van der Waals surface area contributed by atoms with Gasteiger partial charge in [0, 0.05) is 6.54 Å². The number of nitrogens with zero attached hydrogens (tertiary/aromatic N) is 1. The van der Waals surface area contributed by atoms with E-state index in [1.54, 1.807) is 4.90 Å². The summed E-state index contributed by atoms with van der Waals surface area (Å²) in [5, 5.41) is 36.9. The number of aliphatic hydroxyl groups excluding tert-OH is 4. The van der Waals surface area contributed by atoms with Gasteiger partial charge in [0.25, 0.3) is 0 Å². The van der Waals surface area contributed by atoms with E-state index in [0.29, 0.717) is 6.54 Å². The van der Waals surface area contributed by atoms with Gasteiger partial charge in [0.1, 0.15) is 12.2 Å². The molecule has 0 saturated carbocycles. The molecule has 2 aliphatic rings. The van der Waals surface area contributed by atoms with Gasteiger partial charge in [-0.3, -0.25) is 4.90 Å². The number of piperidine rings is 1. The van der Waals surface area contributed by atoms with Gasteiger partial charge in [-0.25, -0.2) is 0 Å². The predicted octanol–water partition coefficient (Wildman–Crippen LogP) is -2.87. The second kappa shape index (κ2) is 2.65. The maximum atomic E-state index is 9.39. The maximum Gasteiger partial charge on any atom is 0.109 e. The summed E-state index contributed by atoms with van der Waals surface area (Å²) >= 11 is 0. The summed E-state index contributed by atoms with van der Waals surface area (Å²) < 4.78 is 0. The van der Waals surface area contributed by atoms with Gasteiger partial charge in [-0.15, -0.1) is 0 Å². The van der Waals surface area contributed by atoms with Gasteiger partial charge in [0.15, 0.2) is 0 Å². The molecule has 2 fully saturated rings. The Bertz CT molecular complexity index is 188. The standard InChI is InChI=1S/C7H13NO4/c9-2-4-6(11)7(12)5(10)3-1-8(3)4/h3-7,9-12H,1-2H2/t3?,4-,5+,6-,7-,8?/m1/s1. The van der Waals surface area contributed by atoms with Crippen LogP contribution in [0.4, 0.5) is 0 Å². The minimum Gasteiger partial charge on any atom is -0.395 e. The molecule has 0 radical (unpaired) electrons. The molecule has 0 aromatic heterocycles. The number of aliphatic hydroxyl groups is 4. The molecule has 5 heteroatoms. The molecule has 0 aliphatic carbocycles. The van der Waals surface area contributed by atoms with Crippen molar-refractivity contribution < 1.29 is 20.4 Å². The Hall–Kier alpha value is -0.200. The van der Waals surface area contributed by atoms with Gasteiger partial charge in [0.2, 0.25) is 0 Å². The van der Waals surface area contributed by atoms with Gasteiger partial charge < -0.3 is 20.4 Å². The van der Waals surface area contributed by atoms with E-state index in [0.717, 1.165) is 0 Å². The monoisotopic (exact) mass is 175 g/mol. The van der Waals surface area contributed by atoms with Crippen molar-refractivity contribution in [1.29, 1.82) is 0 Å². The third-order valence-corrected chi connectivity index (χ3v) is 2.79. The van der Waals surface area contributed by atoms with E-state index >= 15 is 0 Å². The molecule has 0 aromatic carbocycles. The van der Waals surface area contributed by atoms with Crippen LogP contribution < -0.4 is 0 Å². The minimum absolute atomic E-state index is 0.0689. The molecule has 0 amide bonds. The molecule has 5 nitrogen and oxygen atoms in total. The van der Waals surface area contributed by atoms with Gasteiger partial charge in [-0.05, 0) is 0 Å². The Balaban J connectivity index is 2.11. The molecule has 4 N–H and O–H groups in total. The molecule has 2 unspecified atom stereocenters. The number of hydrogen-bond donors (Lipinski definition) is 4. The van der Waals surface area contributed by atoms with Crippen molar-refractivity contribution in [1.82, 2.24) is 4.90 Å². The average Bonchev–Trinajstić information content (AvgIpc) is 2.81. The largest absolute Gasteiger partial charge is 0.395 e. The second-order valence-electron chi connectivity index (χ2n) is 3.49. The molecule has 70 valence electrons. The van der Waals surface area contributed by atoms with Gasteiger partial charge in [-0.2, -0.15) is 0 Å². The molecular formula is C7H13NO4. The molecule has 2 aliphatic heterocycles. The van der Waals surface area contributed by atoms with Crippen LogP contribution in [0.1, 0.15) is 0 Å². The molecule has 2 heterocycles. The van der Waals surface area contributed by atoms with E-state index in [1.165, 1.54) is 0 Å². The summed E-state index contributed by atoms with van der Waals surface area (Å²) in [7, 11) is 0. The molecule has 6 atom stereocenters. The Labute approximate surface area is 69.9 Å². The Kier molecular flexibility index (Phi) is 1.85. The van der Waals surface area contributed by atoms with Crippen LogP contribution in [-0.4, -0.2) is 68.9 Å². The average molecular weight is 175 g/mol. The highest BCUT2D eigenvalue weighted by Crippen LogP contribution is 2.34. The Morgan fingerprint density at radius 2 is 1.75 bits per heavy atom. The van der Waals surface area contributed by atoms with Crippen molar-refractivity contribution in [2.45, 2.75) is 30.4 Å². The van der Waals surface area contributed by atoms with Crippen LogP contribution in [0.25, 0.3) is 0 Å². The highest BCUT2D eigenvalue weighted by Gasteiger charge is 2.55. The summed E-state index contributed by atoms with van der Waals surface area (Å²) in [5.41, 5.74) is 0. The Morgan fingerprint density at radius 3 is 2.33 bits per heavy atom. The molecular weight excluding hydrogens is 162 g/mol. The lowest BCUT2D eigenvalue weighted by atomic mass is 9.96. The summed E-state index contributed by atoms with van der Waals surface area (Å²) in [6, 6.07) is -0.478. The number of rotatable bonds is 1. The first-order valence-corrected chi connectivity index (χ1v) is 4.07. The molecule has 2 saturated heterocycles. The van der Waals surface area contributed by atoms with E-state index < -0.39 is 24.4 Å². The van der Waals surface area contributed by atoms with E-state index in [9.17, 15) is 15.3 Å². The zero-order valence-corrected chi connectivity index (χ0v) is 6.54. The lowest BCUT2D eigenvalue weighted by molar-refractivity contribution is -0.116. The number of hydrogen-bond acceptors (Lipinski definition) is 5. The molecule has 0 spiro atoms. The number of fused-ring (bicyclic) bond motifs is 1. The van der Waals surface area contributed by atoms with E-state index in [1.807, 2.05) is 0 Å². The Morgan fingerprint density at radius 1 is 1.08 bits per heavy atom. The SMILES string of the molecule is OC[C@@H]1[C@@H](O)[C@H](O)[C@@H](O)C2CN21. The quantitative estimate of drug-likeness (QED) is 0.322. The van der Waals surface area contributed by atoms with Crippen molar-refractivity contribution in [3.05, 3.63) is 0 Å². The smallest absolute Gasteiger partial charge is 0.109 e. The summed E-state index contributed by atoms with van der Waals surface area (Å²) in [6.45, 7) is 0.474. The van der Waals surface area contributed by atoms with Crippen LogP contribution in [0.3, 0.4) is 0 Å². The lowest BCUT2D eigenvalue weighted by Gasteiger charge is -2.34. The first-order valence-electron chi connectivity index (χ1n) is 4.07. The van der Waals surface area contributed by atoms with Crippen molar-refractivity contribution in [2.24, 2.45) is 0 Å². The van der Waals surface area contributed by atoms with Crippen LogP contribution in [-0.2, 0) is 0 Å². The van der Waals surface area contributed by atoms with Crippen LogP contribution in [0.2, 0.25) is 0 Å². The maximum absolute atomic E-state index is 9.39. The minimum atomic E-state index is -1.12. The summed E-state index contributed by atoms with van der Waals surface area (Å²) in [5.74, 6) is 0. The zero-order chi connectivity index (χ0) is 8.88. The van der Waals surface area contributed by atoms with Gasteiger partial charge >= 0.3 is 0 Å². The second-order valence-corrected chi connectivity index (χ2v) is 3.49. The first kappa shape index (κ1) is 8.40. The van der Waals surface area contributed by atoms with Crippen molar-refractivity contribution >= 4 is 0 Å². The first-order chi connectivity index (χ1) is 5.66. The summed E-state index contributed by atoms with van der Waals surface area (Å²) in [6.07, 6.45) is -3.03. The van der Waals surface area contributed by atoms with E-state index in [2.05, 4.69) is 0 Å². The van der Waals surface area contributed by atoms with Crippen LogP contribution in [0.15, 0.2) is 0 Å². The van der Waals surface area contributed by atoms with Crippen molar-refractivity contribution in [3.8, 4) is 0 Å². The van der Waals surface area contributed by atoms with Crippen LogP contribution in [0, 0.1) is 0 Å². The zero-order valence-electron chi connectivity index (χ0n) is 6.54. The van der Waals surface area contributed by atoms with E-state index in [4.69, 9.17) is 5.11 Å². The van der Waals surface area contributed by atoms with Gasteiger partial charge in [0.05, 0.1) is 24.8 Å². The highest BCUT2D eigenvalue weighted by atomic mass is 16.4. The van der Waals surface area contributed by atoms with Crippen molar-refractivity contribution in [3.63, 3.8) is 0 Å². The molecule has 12 heavy (non-hydrogen) atoms. The molecule has 2 rings (SSSR count). The normalized spacial score (nSPS) is 58.0. The fraction of sp³-hybridized carbons (Fsp3) is 1.00. The molecule has 0 aromatic rings. The predicted molar refractivity (Wildman–Crippen MR) is 39.4 cm³/mol. The summed E-state index contributed by atoms with van der Waals surface area (Å²) in [4.78, 5) is 1.79. The van der Waals surface area contributed by atoms with E-state index in [-0.39, 0.29) is 12.6 Å². The highest BCUT2D eigenvalue weighted by molar-refractivity contribution is 5.10. The topological polar surface area (TPSA) is 83.9 Å². The van der Waals surface area contributed by atoms with Crippen molar-refractivity contribution in [2.75, 3.05) is 13.2 Å². The fourth-order valence-corrected chi connectivity index (χ4v) is 1.92. The lowest BCUT2D eigenvalue weighted by Crippen LogP contribution is -2.56. The fourth-order valence-electron chi connectivity index (χ4n) is 1.92.